The normalized spacial score (nSPS) is 17.1. The third-order valence-electron chi connectivity index (χ3n) is 6.52. The van der Waals surface area contributed by atoms with Crippen molar-refractivity contribution in [3.8, 4) is 0 Å². The van der Waals surface area contributed by atoms with Crippen molar-refractivity contribution < 1.29 is 18.7 Å². The van der Waals surface area contributed by atoms with Crippen LogP contribution < -0.4 is 11.0 Å². The molecule has 35 heavy (non-hydrogen) atoms. The largest absolute Gasteiger partial charge is 0.446 e. The molecule has 4 heterocycles. The number of hydrogen-bond donors (Lipinski definition) is 2. The van der Waals surface area contributed by atoms with Gasteiger partial charge in [-0.15, -0.1) is 0 Å². The number of piperidine rings is 1. The second-order valence-electron chi connectivity index (χ2n) is 8.82. The zero-order valence-corrected chi connectivity index (χ0v) is 19.2. The van der Waals surface area contributed by atoms with Crippen molar-refractivity contribution >= 4 is 23.0 Å². The summed E-state index contributed by atoms with van der Waals surface area (Å²) in [6.07, 6.45) is 2.87. The fourth-order valence-corrected chi connectivity index (χ4v) is 4.50. The number of aromatic nitrogens is 3. The molecule has 2 aliphatic rings. The van der Waals surface area contributed by atoms with E-state index in [0.29, 0.717) is 29.9 Å². The number of cyclic esters (lactones) is 1. The standard InChI is InChI=1S/C24H25FN6O4/c1-14-22(32)28-21-18(27-14)4-3-17(20(21)25)13-30-8-6-15(7-9-30)16-2-5-19(26-12-16)23(33)29-31-10-11-35-24(31)34/h2-5,12,15H,6-11,13H2,1H3,(H,28,32)(H,29,33). The zero-order valence-electron chi connectivity index (χ0n) is 19.2. The number of carbonyl (C=O) groups excluding carboxylic acids is 2. The fourth-order valence-electron chi connectivity index (χ4n) is 4.50. The number of fused-ring (bicyclic) bond motifs is 1. The number of ether oxygens (including phenoxy) is 1. The molecular formula is C24H25FN6O4. The number of hydrogen-bond acceptors (Lipinski definition) is 7. The molecule has 0 saturated carbocycles. The van der Waals surface area contributed by atoms with Gasteiger partial charge in [-0.3, -0.25) is 24.9 Å². The van der Waals surface area contributed by atoms with Crippen LogP contribution in [0.3, 0.4) is 0 Å². The highest BCUT2D eigenvalue weighted by Gasteiger charge is 2.26. The van der Waals surface area contributed by atoms with Crippen molar-refractivity contribution in [2.45, 2.75) is 32.2 Å². The molecule has 0 unspecified atom stereocenters. The quantitative estimate of drug-likeness (QED) is 0.575. The molecule has 2 aromatic heterocycles. The van der Waals surface area contributed by atoms with Gasteiger partial charge in [-0.25, -0.2) is 19.2 Å². The summed E-state index contributed by atoms with van der Waals surface area (Å²) in [4.78, 5) is 48.9. The monoisotopic (exact) mass is 480 g/mol. The Balaban J connectivity index is 1.19. The maximum atomic E-state index is 15.0. The molecule has 182 valence electrons. The Morgan fingerprint density at radius 1 is 1.20 bits per heavy atom. The summed E-state index contributed by atoms with van der Waals surface area (Å²) in [5, 5.41) is 1.13. The van der Waals surface area contributed by atoms with Crippen LogP contribution in [-0.4, -0.2) is 63.1 Å². The van der Waals surface area contributed by atoms with Crippen LogP contribution in [0.4, 0.5) is 9.18 Å². The minimum absolute atomic E-state index is 0.143. The van der Waals surface area contributed by atoms with E-state index >= 15 is 4.39 Å². The number of benzene rings is 1. The van der Waals surface area contributed by atoms with E-state index in [-0.39, 0.29) is 29.3 Å². The number of H-pyrrole nitrogens is 1. The lowest BCUT2D eigenvalue weighted by Crippen LogP contribution is -2.43. The number of nitrogens with zero attached hydrogens (tertiary/aromatic N) is 4. The molecule has 0 atom stereocenters. The number of nitrogens with one attached hydrogen (secondary N) is 2. The predicted molar refractivity (Wildman–Crippen MR) is 124 cm³/mol. The second kappa shape index (κ2) is 9.41. The van der Waals surface area contributed by atoms with E-state index < -0.39 is 17.8 Å². The Bertz CT molecular complexity index is 1330. The first kappa shape index (κ1) is 22.9. The summed E-state index contributed by atoms with van der Waals surface area (Å²) >= 11 is 0. The average Bonchev–Trinajstić information content (AvgIpc) is 3.27. The van der Waals surface area contributed by atoms with Gasteiger partial charge in [0.2, 0.25) is 0 Å². The molecule has 2 N–H and O–H groups in total. The van der Waals surface area contributed by atoms with E-state index in [0.717, 1.165) is 36.5 Å². The van der Waals surface area contributed by atoms with Crippen molar-refractivity contribution in [3.05, 3.63) is 69.1 Å². The number of amides is 2. The van der Waals surface area contributed by atoms with Crippen LogP contribution in [0.15, 0.2) is 35.3 Å². The third-order valence-corrected chi connectivity index (χ3v) is 6.52. The van der Waals surface area contributed by atoms with E-state index in [9.17, 15) is 14.4 Å². The molecule has 11 heteroatoms. The topological polar surface area (TPSA) is 121 Å². The summed E-state index contributed by atoms with van der Waals surface area (Å²) in [7, 11) is 0. The summed E-state index contributed by atoms with van der Waals surface area (Å²) in [6, 6.07) is 7.00. The number of aromatic amines is 1. The predicted octanol–water partition coefficient (Wildman–Crippen LogP) is 2.24. The molecular weight excluding hydrogens is 455 g/mol. The van der Waals surface area contributed by atoms with Crippen molar-refractivity contribution in [3.63, 3.8) is 0 Å². The molecule has 1 aromatic carbocycles. The molecule has 2 fully saturated rings. The Kier molecular flexibility index (Phi) is 6.16. The number of rotatable bonds is 5. The van der Waals surface area contributed by atoms with Gasteiger partial charge in [-0.1, -0.05) is 12.1 Å². The highest BCUT2D eigenvalue weighted by Crippen LogP contribution is 2.29. The SMILES string of the molecule is Cc1nc2ccc(CN3CCC(c4ccc(C(=O)NN5CCOC5=O)nc4)CC3)c(F)c2[nH]c1=O. The van der Waals surface area contributed by atoms with Gasteiger partial charge in [-0.05, 0) is 56.5 Å². The highest BCUT2D eigenvalue weighted by molar-refractivity contribution is 5.93. The summed E-state index contributed by atoms with van der Waals surface area (Å²) < 4.78 is 19.8. The average molecular weight is 481 g/mol. The summed E-state index contributed by atoms with van der Waals surface area (Å²) in [5.74, 6) is -0.613. The lowest BCUT2D eigenvalue weighted by Gasteiger charge is -2.32. The molecule has 2 amide bonds. The second-order valence-corrected chi connectivity index (χ2v) is 8.82. The molecule has 0 bridgehead atoms. The number of likely N-dealkylation sites (tertiary alicyclic amines) is 1. The van der Waals surface area contributed by atoms with E-state index in [1.165, 1.54) is 0 Å². The lowest BCUT2D eigenvalue weighted by atomic mass is 9.90. The van der Waals surface area contributed by atoms with Crippen LogP contribution in [0.1, 0.15) is 46.1 Å². The number of pyridine rings is 1. The smallest absolute Gasteiger partial charge is 0.428 e. The third kappa shape index (κ3) is 4.72. The van der Waals surface area contributed by atoms with Crippen LogP contribution in [0.2, 0.25) is 0 Å². The maximum absolute atomic E-state index is 15.0. The number of carbonyl (C=O) groups is 2. The maximum Gasteiger partial charge on any atom is 0.428 e. The Morgan fingerprint density at radius 3 is 2.69 bits per heavy atom. The van der Waals surface area contributed by atoms with Crippen LogP contribution in [-0.2, 0) is 11.3 Å². The van der Waals surface area contributed by atoms with E-state index in [2.05, 4.69) is 25.3 Å². The van der Waals surface area contributed by atoms with Crippen LogP contribution in [0.25, 0.3) is 11.0 Å². The van der Waals surface area contributed by atoms with Gasteiger partial charge >= 0.3 is 6.09 Å². The minimum Gasteiger partial charge on any atom is -0.446 e. The highest BCUT2D eigenvalue weighted by atomic mass is 19.1. The van der Waals surface area contributed by atoms with Crippen molar-refractivity contribution in [2.24, 2.45) is 0 Å². The molecule has 2 saturated heterocycles. The molecule has 2 aliphatic heterocycles. The zero-order chi connectivity index (χ0) is 24.5. The Labute approximate surface area is 200 Å². The van der Waals surface area contributed by atoms with Crippen molar-refractivity contribution in [1.29, 1.82) is 0 Å². The van der Waals surface area contributed by atoms with E-state index in [4.69, 9.17) is 4.74 Å². The van der Waals surface area contributed by atoms with Crippen LogP contribution in [0.5, 0.6) is 0 Å². The molecule has 0 aliphatic carbocycles. The van der Waals surface area contributed by atoms with E-state index in [1.807, 2.05) is 6.07 Å². The molecule has 10 nitrogen and oxygen atoms in total. The molecule has 3 aromatic rings. The number of hydrazine groups is 1. The first-order valence-corrected chi connectivity index (χ1v) is 11.5. The van der Waals surface area contributed by atoms with Crippen molar-refractivity contribution in [2.75, 3.05) is 26.2 Å². The number of aryl methyl sites for hydroxylation is 1. The molecule has 0 radical (unpaired) electrons. The fraction of sp³-hybridized carbons (Fsp3) is 0.375. The number of halogens is 1. The van der Waals surface area contributed by atoms with Gasteiger partial charge < -0.3 is 9.72 Å². The van der Waals surface area contributed by atoms with Gasteiger partial charge in [0.15, 0.2) is 5.82 Å². The van der Waals surface area contributed by atoms with Crippen LogP contribution in [0, 0.1) is 12.7 Å². The molecule has 5 rings (SSSR count). The van der Waals surface area contributed by atoms with Crippen molar-refractivity contribution in [1.82, 2.24) is 30.3 Å². The summed E-state index contributed by atoms with van der Waals surface area (Å²) in [5.41, 5.74) is 4.78. The van der Waals surface area contributed by atoms with Crippen LogP contribution >= 0.6 is 0 Å². The first-order valence-electron chi connectivity index (χ1n) is 11.5. The minimum atomic E-state index is -0.578. The van der Waals surface area contributed by atoms with Gasteiger partial charge in [-0.2, -0.15) is 0 Å². The first-order chi connectivity index (χ1) is 16.9. The summed E-state index contributed by atoms with van der Waals surface area (Å²) in [6.45, 7) is 4.15. The van der Waals surface area contributed by atoms with Gasteiger partial charge in [0, 0.05) is 18.3 Å². The Hall–Kier alpha value is -3.86. The van der Waals surface area contributed by atoms with Gasteiger partial charge in [0.05, 0.1) is 12.1 Å². The van der Waals surface area contributed by atoms with Gasteiger partial charge in [0.1, 0.15) is 23.5 Å². The lowest BCUT2D eigenvalue weighted by molar-refractivity contribution is 0.0826. The Morgan fingerprint density at radius 2 is 2.00 bits per heavy atom. The molecule has 0 spiro atoms. The van der Waals surface area contributed by atoms with E-state index in [1.54, 1.807) is 31.3 Å². The van der Waals surface area contributed by atoms with Gasteiger partial charge in [0.25, 0.3) is 11.5 Å².